The van der Waals surface area contributed by atoms with Crippen LogP contribution in [0.5, 0.6) is 0 Å². The van der Waals surface area contributed by atoms with Crippen molar-refractivity contribution in [3.8, 4) is 0 Å². The molecule has 0 aromatic rings. The van der Waals surface area contributed by atoms with E-state index in [0.717, 1.165) is 38.5 Å². The first-order valence-corrected chi connectivity index (χ1v) is 11.5. The van der Waals surface area contributed by atoms with Crippen LogP contribution in [0.3, 0.4) is 0 Å². The number of sulfonamides is 1. The number of rotatable bonds is 8. The smallest absolute Gasteiger partial charge is 0.281 e. The Balaban J connectivity index is 2.06. The van der Waals surface area contributed by atoms with E-state index in [0.29, 0.717) is 11.8 Å². The van der Waals surface area contributed by atoms with Crippen LogP contribution in [0.4, 0.5) is 26.3 Å². The number of halogens is 6. The predicted molar refractivity (Wildman–Crippen MR) is 86.1 cm³/mol. The summed E-state index contributed by atoms with van der Waals surface area (Å²) >= 11 is 0. The fourth-order valence-electron chi connectivity index (χ4n) is 4.09. The normalized spacial score (nSPS) is 27.6. The maximum atomic E-state index is 13.7. The second kappa shape index (κ2) is 7.58. The fraction of sp³-hybridized carbons (Fsp3) is 1.00. The van der Waals surface area contributed by atoms with E-state index in [9.17, 15) is 43.2 Å². The van der Waals surface area contributed by atoms with Gasteiger partial charge in [0.25, 0.3) is 10.0 Å². The monoisotopic (exact) mass is 461 g/mol. The van der Waals surface area contributed by atoms with Crippen LogP contribution in [0, 0.1) is 17.8 Å². The van der Waals surface area contributed by atoms with E-state index < -0.39 is 43.1 Å². The van der Waals surface area contributed by atoms with Crippen molar-refractivity contribution in [1.82, 2.24) is 4.72 Å². The summed E-state index contributed by atoms with van der Waals surface area (Å²) in [5, 5.41) is -13.2. The molecule has 2 unspecified atom stereocenters. The largest absolute Gasteiger partial charge is 0.439 e. The number of hydrogen-bond donors (Lipinski definition) is 2. The third kappa shape index (κ3) is 4.15. The summed E-state index contributed by atoms with van der Waals surface area (Å²) in [7, 11) is -13.4. The summed E-state index contributed by atoms with van der Waals surface area (Å²) in [6, 6.07) is 0. The van der Waals surface area contributed by atoms with Crippen LogP contribution >= 0.6 is 0 Å². The van der Waals surface area contributed by atoms with Gasteiger partial charge in [0.05, 0.1) is 0 Å². The molecule has 2 atom stereocenters. The van der Waals surface area contributed by atoms with E-state index in [-0.39, 0.29) is 12.3 Å². The fourth-order valence-corrected chi connectivity index (χ4v) is 5.64. The molecule has 14 heteroatoms. The Morgan fingerprint density at radius 3 is 1.82 bits per heavy atom. The minimum atomic E-state index is -7.01. The van der Waals surface area contributed by atoms with Crippen molar-refractivity contribution in [1.29, 1.82) is 0 Å². The minimum absolute atomic E-state index is 0.0138. The first kappa shape index (κ1) is 23.7. The first-order chi connectivity index (χ1) is 12.5. The molecule has 0 heterocycles. The van der Waals surface area contributed by atoms with Crippen molar-refractivity contribution >= 4 is 20.1 Å². The Morgan fingerprint density at radius 1 is 0.857 bits per heavy atom. The van der Waals surface area contributed by atoms with Crippen LogP contribution in [-0.4, -0.2) is 44.4 Å². The van der Waals surface area contributed by atoms with E-state index >= 15 is 0 Å². The van der Waals surface area contributed by atoms with Crippen LogP contribution in [0.1, 0.15) is 44.9 Å². The third-order valence-corrected chi connectivity index (χ3v) is 7.88. The van der Waals surface area contributed by atoms with Crippen molar-refractivity contribution < 1.29 is 47.7 Å². The van der Waals surface area contributed by atoms with Gasteiger partial charge in [-0.05, 0) is 43.4 Å². The number of nitrogens with one attached hydrogen (secondary N) is 1. The highest BCUT2D eigenvalue weighted by Gasteiger charge is 2.82. The summed E-state index contributed by atoms with van der Waals surface area (Å²) < 4.78 is 134. The standard InChI is InChI=1S/C14H21F6NO5S2/c15-12(16,14(19,20)28(24,25)26)13(17,18)27(22,23)21-5-4-11-7-9-2-1-3-10(6-9)8-11/h9-11,21H,1-8H2,(H,24,25,26). The van der Waals surface area contributed by atoms with E-state index in [1.54, 1.807) is 0 Å². The van der Waals surface area contributed by atoms with Gasteiger partial charge in [-0.3, -0.25) is 4.55 Å². The van der Waals surface area contributed by atoms with Crippen LogP contribution in [-0.2, 0) is 20.1 Å². The molecule has 0 amide bonds. The van der Waals surface area contributed by atoms with Gasteiger partial charge in [0.1, 0.15) is 0 Å². The molecule has 0 aromatic carbocycles. The second-order valence-electron chi connectivity index (χ2n) is 7.51. The average Bonchev–Trinajstić information content (AvgIpc) is 2.52. The Kier molecular flexibility index (Phi) is 6.41. The van der Waals surface area contributed by atoms with Crippen LogP contribution in [0.2, 0.25) is 0 Å². The quantitative estimate of drug-likeness (QED) is 0.427. The maximum absolute atomic E-state index is 13.7. The van der Waals surface area contributed by atoms with E-state index in [1.807, 2.05) is 0 Å². The molecular weight excluding hydrogens is 440 g/mol. The number of alkyl halides is 6. The van der Waals surface area contributed by atoms with Gasteiger partial charge in [-0.1, -0.05) is 19.3 Å². The minimum Gasteiger partial charge on any atom is -0.281 e. The first-order valence-electron chi connectivity index (χ1n) is 8.62. The van der Waals surface area contributed by atoms with E-state index in [4.69, 9.17) is 4.55 Å². The van der Waals surface area contributed by atoms with Crippen molar-refractivity contribution in [3.63, 3.8) is 0 Å². The average molecular weight is 461 g/mol. The van der Waals surface area contributed by atoms with Gasteiger partial charge in [0.2, 0.25) is 0 Å². The van der Waals surface area contributed by atoms with E-state index in [1.165, 1.54) is 4.72 Å². The highest BCUT2D eigenvalue weighted by molar-refractivity contribution is 7.90. The Hall–Kier alpha value is -0.600. The highest BCUT2D eigenvalue weighted by atomic mass is 32.2. The van der Waals surface area contributed by atoms with Crippen molar-refractivity contribution in [2.75, 3.05) is 6.54 Å². The molecule has 0 radical (unpaired) electrons. The summed E-state index contributed by atoms with van der Waals surface area (Å²) in [5.41, 5.74) is 0. The number of fused-ring (bicyclic) bond motifs is 2. The number of hydrogen-bond acceptors (Lipinski definition) is 4. The summed E-state index contributed by atoms with van der Waals surface area (Å²) in [6.07, 6.45) is 5.68. The van der Waals surface area contributed by atoms with Gasteiger partial charge in [-0.15, -0.1) is 0 Å². The molecule has 0 spiro atoms. The second-order valence-corrected chi connectivity index (χ2v) is 10.8. The third-order valence-electron chi connectivity index (χ3n) is 5.46. The molecule has 166 valence electrons. The molecule has 2 aliphatic carbocycles. The maximum Gasteiger partial charge on any atom is 0.439 e. The zero-order valence-electron chi connectivity index (χ0n) is 14.6. The Morgan fingerprint density at radius 2 is 1.36 bits per heavy atom. The highest BCUT2D eigenvalue weighted by Crippen LogP contribution is 2.50. The van der Waals surface area contributed by atoms with Gasteiger partial charge in [-0.25, -0.2) is 13.1 Å². The lowest BCUT2D eigenvalue weighted by Crippen LogP contribution is -2.62. The molecule has 2 fully saturated rings. The van der Waals surface area contributed by atoms with Crippen LogP contribution in [0.25, 0.3) is 0 Å². The topological polar surface area (TPSA) is 101 Å². The Bertz CT molecular complexity index is 774. The van der Waals surface area contributed by atoms with Gasteiger partial charge in [0.15, 0.2) is 0 Å². The SMILES string of the molecule is O=S(=O)(O)C(F)(F)C(F)(F)C(F)(F)S(=O)(=O)NCCC1CC2CCCC(C2)C1. The van der Waals surface area contributed by atoms with Gasteiger partial charge < -0.3 is 0 Å². The predicted octanol–water partition coefficient (Wildman–Crippen LogP) is 3.22. The molecule has 2 bridgehead atoms. The molecular formula is C14H21F6NO5S2. The zero-order valence-corrected chi connectivity index (χ0v) is 16.2. The van der Waals surface area contributed by atoms with Gasteiger partial charge >= 0.3 is 26.5 Å². The van der Waals surface area contributed by atoms with Crippen molar-refractivity contribution in [2.24, 2.45) is 17.8 Å². The molecule has 0 aliphatic heterocycles. The lowest BCUT2D eigenvalue weighted by atomic mass is 9.67. The van der Waals surface area contributed by atoms with Gasteiger partial charge in [-0.2, -0.15) is 34.8 Å². The molecule has 2 rings (SSSR count). The Labute approximate surface area is 158 Å². The van der Waals surface area contributed by atoms with Crippen molar-refractivity contribution in [2.45, 2.75) is 61.4 Å². The lowest BCUT2D eigenvalue weighted by Gasteiger charge is -2.39. The molecule has 2 N–H and O–H groups in total. The molecule has 28 heavy (non-hydrogen) atoms. The summed E-state index contributed by atoms with van der Waals surface area (Å²) in [6.45, 7) is -0.685. The molecule has 0 saturated heterocycles. The van der Waals surface area contributed by atoms with Crippen LogP contribution < -0.4 is 4.72 Å². The molecule has 2 aliphatic rings. The van der Waals surface area contributed by atoms with Crippen molar-refractivity contribution in [3.05, 3.63) is 0 Å². The zero-order chi connectivity index (χ0) is 21.6. The van der Waals surface area contributed by atoms with Gasteiger partial charge in [0, 0.05) is 6.54 Å². The lowest BCUT2D eigenvalue weighted by molar-refractivity contribution is -0.246. The molecule has 6 nitrogen and oxygen atoms in total. The summed E-state index contributed by atoms with van der Waals surface area (Å²) in [4.78, 5) is 0. The molecule has 2 saturated carbocycles. The summed E-state index contributed by atoms with van der Waals surface area (Å²) in [5.74, 6) is -6.04. The molecule has 0 aromatic heterocycles. The van der Waals surface area contributed by atoms with Crippen LogP contribution in [0.15, 0.2) is 0 Å². The van der Waals surface area contributed by atoms with E-state index in [2.05, 4.69) is 0 Å².